The number of aliphatic hydroxyl groups is 1. The van der Waals surface area contributed by atoms with Crippen LogP contribution in [0.25, 0.3) is 0 Å². The molecule has 3 N–H and O–H groups in total. The van der Waals surface area contributed by atoms with Gasteiger partial charge in [0, 0.05) is 50.3 Å². The highest BCUT2D eigenvalue weighted by Crippen LogP contribution is 2.54. The molecule has 1 saturated carbocycles. The Morgan fingerprint density at radius 3 is 2.45 bits per heavy atom. The van der Waals surface area contributed by atoms with Crippen molar-refractivity contribution in [1.82, 2.24) is 4.72 Å². The number of nitrogens with one attached hydrogen (secondary N) is 2. The molecule has 2 aromatic carbocycles. The zero-order chi connectivity index (χ0) is 27.9. The van der Waals surface area contributed by atoms with Gasteiger partial charge in [-0.05, 0) is 74.3 Å². The first kappa shape index (κ1) is 27.3. The molecule has 40 heavy (non-hydrogen) atoms. The van der Waals surface area contributed by atoms with Crippen molar-refractivity contribution in [1.29, 1.82) is 0 Å². The van der Waals surface area contributed by atoms with Crippen LogP contribution < -0.4 is 24.6 Å². The molecular formula is C29H37FN4O5S. The molecule has 2 aromatic rings. The molecule has 0 unspecified atom stereocenters. The minimum Gasteiger partial charge on any atom is -0.491 e. The summed E-state index contributed by atoms with van der Waals surface area (Å²) in [7, 11) is -3.82. The van der Waals surface area contributed by atoms with E-state index in [2.05, 4.69) is 19.8 Å². The molecule has 216 valence electrons. The summed E-state index contributed by atoms with van der Waals surface area (Å²) < 4.78 is 47.8. The number of halogens is 1. The number of benzene rings is 2. The maximum atomic E-state index is 13.8. The fourth-order valence-corrected chi connectivity index (χ4v) is 7.19. The molecule has 1 spiro atoms. The van der Waals surface area contributed by atoms with Crippen LogP contribution in [-0.4, -0.2) is 71.5 Å². The molecule has 3 aliphatic heterocycles. The number of hydrogen-bond acceptors (Lipinski definition) is 7. The highest BCUT2D eigenvalue weighted by atomic mass is 32.2. The summed E-state index contributed by atoms with van der Waals surface area (Å²) in [4.78, 5) is 18.0. The molecular weight excluding hydrogens is 535 g/mol. The van der Waals surface area contributed by atoms with E-state index in [9.17, 15) is 17.6 Å². The molecule has 3 fully saturated rings. The smallest absolute Gasteiger partial charge is 0.255 e. The van der Waals surface area contributed by atoms with Crippen LogP contribution in [0.5, 0.6) is 5.75 Å². The van der Waals surface area contributed by atoms with Gasteiger partial charge in [0.2, 0.25) is 10.0 Å². The van der Waals surface area contributed by atoms with Crippen LogP contribution in [0.4, 0.5) is 21.5 Å². The minimum absolute atomic E-state index is 0.0736. The topological polar surface area (TPSA) is 111 Å². The van der Waals surface area contributed by atoms with Gasteiger partial charge in [0.15, 0.2) is 0 Å². The Kier molecular flexibility index (Phi) is 7.39. The van der Waals surface area contributed by atoms with Gasteiger partial charge < -0.3 is 25.0 Å². The fraction of sp³-hybridized carbons (Fsp3) is 0.552. The largest absolute Gasteiger partial charge is 0.491 e. The number of anilines is 3. The van der Waals surface area contributed by atoms with Crippen LogP contribution >= 0.6 is 0 Å². The average molecular weight is 573 g/mol. The Labute approximate surface area is 234 Å². The lowest BCUT2D eigenvalue weighted by molar-refractivity contribution is 0.102. The van der Waals surface area contributed by atoms with Crippen LogP contribution in [0.15, 0.2) is 35.2 Å². The zero-order valence-electron chi connectivity index (χ0n) is 22.6. The van der Waals surface area contributed by atoms with Gasteiger partial charge in [-0.2, -0.15) is 0 Å². The van der Waals surface area contributed by atoms with Crippen molar-refractivity contribution in [2.45, 2.75) is 56.0 Å². The summed E-state index contributed by atoms with van der Waals surface area (Å²) in [5.41, 5.74) is 3.94. The van der Waals surface area contributed by atoms with E-state index >= 15 is 0 Å². The lowest BCUT2D eigenvalue weighted by atomic mass is 9.93. The molecule has 2 saturated heterocycles. The Morgan fingerprint density at radius 1 is 1.02 bits per heavy atom. The molecule has 9 nitrogen and oxygen atoms in total. The fourth-order valence-electron chi connectivity index (χ4n) is 6.15. The number of carbonyl (C=O) groups excluding carboxylic acids is 1. The van der Waals surface area contributed by atoms with Crippen LogP contribution in [0.1, 0.15) is 54.4 Å². The summed E-state index contributed by atoms with van der Waals surface area (Å²) in [5.74, 6) is 0.490. The SMILES string of the molecule is O=C(Nc1ccc(S(=O)(=O)NCCO)cc1N1CCC2(CC1)CC2)c1cc2c(c(N3CCC(F)CC3)c1)OCC2. The maximum absolute atomic E-state index is 13.8. The van der Waals surface area contributed by atoms with Gasteiger partial charge in [-0.25, -0.2) is 17.5 Å². The number of carbonyl (C=O) groups is 1. The van der Waals surface area contributed by atoms with Crippen molar-refractivity contribution in [3.05, 3.63) is 41.5 Å². The van der Waals surface area contributed by atoms with Crippen LogP contribution in [0.3, 0.4) is 0 Å². The molecule has 0 atom stereocenters. The lowest BCUT2D eigenvalue weighted by Crippen LogP contribution is -2.35. The maximum Gasteiger partial charge on any atom is 0.255 e. The summed E-state index contributed by atoms with van der Waals surface area (Å²) in [5, 5.41) is 12.2. The quantitative estimate of drug-likeness (QED) is 0.444. The second-order valence-corrected chi connectivity index (χ2v) is 13.3. The van der Waals surface area contributed by atoms with Gasteiger partial charge in [0.1, 0.15) is 11.9 Å². The Balaban J connectivity index is 1.29. The van der Waals surface area contributed by atoms with Crippen molar-refractivity contribution in [2.75, 3.05) is 61.1 Å². The van der Waals surface area contributed by atoms with Gasteiger partial charge in [-0.3, -0.25) is 4.79 Å². The van der Waals surface area contributed by atoms with Crippen LogP contribution in [0, 0.1) is 5.41 Å². The number of sulfonamides is 1. The first-order valence-electron chi connectivity index (χ1n) is 14.3. The number of ether oxygens (including phenoxy) is 1. The predicted octanol–water partition coefficient (Wildman–Crippen LogP) is 3.46. The van der Waals surface area contributed by atoms with Crippen molar-refractivity contribution in [3.63, 3.8) is 0 Å². The first-order valence-corrected chi connectivity index (χ1v) is 15.7. The Hall–Kier alpha value is -2.89. The average Bonchev–Trinajstić information content (AvgIpc) is 3.53. The molecule has 0 radical (unpaired) electrons. The van der Waals surface area contributed by atoms with E-state index in [0.717, 1.165) is 42.9 Å². The minimum atomic E-state index is -3.82. The summed E-state index contributed by atoms with van der Waals surface area (Å²) >= 11 is 0. The molecule has 0 aromatic heterocycles. The third-order valence-electron chi connectivity index (χ3n) is 8.84. The van der Waals surface area contributed by atoms with Gasteiger partial charge in [0.05, 0.1) is 35.2 Å². The van der Waals surface area contributed by atoms with Crippen molar-refractivity contribution in [2.24, 2.45) is 5.41 Å². The molecule has 6 rings (SSSR count). The number of aliphatic hydroxyl groups excluding tert-OH is 1. The van der Waals surface area contributed by atoms with E-state index in [1.807, 2.05) is 12.1 Å². The number of piperidine rings is 2. The first-order chi connectivity index (χ1) is 19.3. The second-order valence-electron chi connectivity index (χ2n) is 11.5. The van der Waals surface area contributed by atoms with Gasteiger partial charge >= 0.3 is 0 Å². The number of fused-ring (bicyclic) bond motifs is 1. The van der Waals surface area contributed by atoms with Crippen molar-refractivity contribution < 1.29 is 27.4 Å². The van der Waals surface area contributed by atoms with E-state index in [-0.39, 0.29) is 24.0 Å². The third-order valence-corrected chi connectivity index (χ3v) is 10.3. The Bertz CT molecular complexity index is 1380. The number of nitrogens with zero attached hydrogens (tertiary/aromatic N) is 2. The molecule has 1 aliphatic carbocycles. The number of hydrogen-bond donors (Lipinski definition) is 3. The third kappa shape index (κ3) is 5.51. The van der Waals surface area contributed by atoms with E-state index in [1.54, 1.807) is 12.1 Å². The lowest BCUT2D eigenvalue weighted by Gasteiger charge is -2.35. The highest BCUT2D eigenvalue weighted by Gasteiger charge is 2.44. The number of rotatable bonds is 8. The van der Waals surface area contributed by atoms with Crippen molar-refractivity contribution >= 4 is 33.0 Å². The van der Waals surface area contributed by atoms with E-state index in [0.29, 0.717) is 61.3 Å². The molecule has 1 amide bonds. The van der Waals surface area contributed by atoms with Crippen LogP contribution in [0.2, 0.25) is 0 Å². The van der Waals surface area contributed by atoms with E-state index < -0.39 is 16.2 Å². The second kappa shape index (κ2) is 10.8. The molecule has 3 heterocycles. The zero-order valence-corrected chi connectivity index (χ0v) is 23.4. The highest BCUT2D eigenvalue weighted by molar-refractivity contribution is 7.89. The number of amides is 1. The van der Waals surface area contributed by atoms with Gasteiger partial charge in [-0.15, -0.1) is 0 Å². The summed E-state index contributed by atoms with van der Waals surface area (Å²) in [6.07, 6.45) is 5.40. The predicted molar refractivity (Wildman–Crippen MR) is 152 cm³/mol. The van der Waals surface area contributed by atoms with Gasteiger partial charge in [-0.1, -0.05) is 0 Å². The standard InChI is InChI=1S/C29H37FN4O5S/c30-22-3-11-33(12-4-22)26-18-21(17-20-5-16-39-27(20)26)28(36)32-24-2-1-23(40(37,38)31-10-15-35)19-25(24)34-13-8-29(6-7-29)9-14-34/h1-2,17-19,22,31,35H,3-16H2,(H,32,36). The summed E-state index contributed by atoms with van der Waals surface area (Å²) in [6.45, 7) is 2.91. The number of alkyl halides is 1. The van der Waals surface area contributed by atoms with Gasteiger partial charge in [0.25, 0.3) is 5.91 Å². The molecule has 0 bridgehead atoms. The molecule has 4 aliphatic rings. The normalized spacial score (nSPS) is 20.4. The van der Waals surface area contributed by atoms with E-state index in [1.165, 1.54) is 18.9 Å². The summed E-state index contributed by atoms with van der Waals surface area (Å²) in [6, 6.07) is 8.42. The molecule has 11 heteroatoms. The Morgan fingerprint density at radius 2 is 1.75 bits per heavy atom. The van der Waals surface area contributed by atoms with Crippen molar-refractivity contribution in [3.8, 4) is 5.75 Å². The monoisotopic (exact) mass is 572 g/mol. The van der Waals surface area contributed by atoms with E-state index in [4.69, 9.17) is 9.84 Å². The van der Waals surface area contributed by atoms with Crippen LogP contribution in [-0.2, 0) is 16.4 Å².